The van der Waals surface area contributed by atoms with Gasteiger partial charge >= 0.3 is 12.1 Å². The van der Waals surface area contributed by atoms with E-state index in [1.165, 1.54) is 4.90 Å². The van der Waals surface area contributed by atoms with Crippen LogP contribution in [0.15, 0.2) is 0 Å². The highest BCUT2D eigenvalue weighted by Crippen LogP contribution is 2.13. The van der Waals surface area contributed by atoms with Gasteiger partial charge in [-0.2, -0.15) is 0 Å². The molecule has 22 heavy (non-hydrogen) atoms. The largest absolute Gasteiger partial charge is 0.480 e. The molecule has 0 aliphatic carbocycles. The van der Waals surface area contributed by atoms with E-state index in [0.29, 0.717) is 13.1 Å². The molecule has 8 nitrogen and oxygen atoms in total. The molecule has 0 saturated carbocycles. The molecule has 0 spiro atoms. The van der Waals surface area contributed by atoms with Gasteiger partial charge in [0.1, 0.15) is 11.6 Å². The highest BCUT2D eigenvalue weighted by Gasteiger charge is 2.34. The summed E-state index contributed by atoms with van der Waals surface area (Å²) in [5, 5.41) is 18.3. The molecule has 1 amide bonds. The predicted molar refractivity (Wildman–Crippen MR) is 83.0 cm³/mol. The summed E-state index contributed by atoms with van der Waals surface area (Å²) in [7, 11) is 0. The first kappa shape index (κ1) is 18.7. The van der Waals surface area contributed by atoms with Crippen LogP contribution in [0.2, 0.25) is 0 Å². The summed E-state index contributed by atoms with van der Waals surface area (Å²) in [6.45, 7) is 11.0. The molecule has 128 valence electrons. The number of amides is 1. The van der Waals surface area contributed by atoms with E-state index in [0.717, 1.165) is 26.2 Å². The average molecular weight is 316 g/mol. The van der Waals surface area contributed by atoms with Gasteiger partial charge < -0.3 is 25.8 Å². The summed E-state index contributed by atoms with van der Waals surface area (Å²) in [5.74, 6) is -1.02. The molecule has 2 fully saturated rings. The van der Waals surface area contributed by atoms with Crippen LogP contribution in [0.3, 0.4) is 0 Å². The molecule has 0 aromatic heterocycles. The van der Waals surface area contributed by atoms with Crippen LogP contribution in [0, 0.1) is 0 Å². The van der Waals surface area contributed by atoms with Crippen LogP contribution in [0.5, 0.6) is 0 Å². The molecule has 4 N–H and O–H groups in total. The molecular formula is C14H28N4O4. The van der Waals surface area contributed by atoms with E-state index in [1.807, 2.05) is 0 Å². The summed E-state index contributed by atoms with van der Waals surface area (Å²) >= 11 is 0. The molecule has 2 heterocycles. The molecule has 2 saturated heterocycles. The lowest BCUT2D eigenvalue weighted by Gasteiger charge is -2.34. The first-order chi connectivity index (χ1) is 10.3. The Morgan fingerprint density at radius 2 is 1.59 bits per heavy atom. The van der Waals surface area contributed by atoms with Gasteiger partial charge in [0.15, 0.2) is 0 Å². The highest BCUT2D eigenvalue weighted by molar-refractivity contribution is 5.80. The van der Waals surface area contributed by atoms with Gasteiger partial charge in [-0.3, -0.25) is 4.90 Å². The molecule has 0 bridgehead atoms. The van der Waals surface area contributed by atoms with E-state index >= 15 is 0 Å². The van der Waals surface area contributed by atoms with E-state index in [9.17, 15) is 9.59 Å². The summed E-state index contributed by atoms with van der Waals surface area (Å²) in [4.78, 5) is 23.9. The fourth-order valence-electron chi connectivity index (χ4n) is 2.07. The Bertz CT molecular complexity index is 355. The quantitative estimate of drug-likeness (QED) is 0.515. The Kier molecular flexibility index (Phi) is 7.57. The van der Waals surface area contributed by atoms with E-state index in [-0.39, 0.29) is 6.54 Å². The summed E-state index contributed by atoms with van der Waals surface area (Å²) in [6.07, 6.45) is -0.568. The van der Waals surface area contributed by atoms with Crippen molar-refractivity contribution in [3.63, 3.8) is 0 Å². The van der Waals surface area contributed by atoms with Crippen LogP contribution in [-0.4, -0.2) is 79.5 Å². The van der Waals surface area contributed by atoms with Crippen molar-refractivity contribution >= 4 is 12.1 Å². The Hall–Kier alpha value is -1.38. The third kappa shape index (κ3) is 7.06. The number of rotatable bonds is 1. The Labute approximate surface area is 131 Å². The fraction of sp³-hybridized carbons (Fsp3) is 0.857. The Morgan fingerprint density at radius 1 is 1.05 bits per heavy atom. The number of piperazine rings is 2. The number of nitrogens with one attached hydrogen (secondary N) is 3. The SMILES string of the molecule is C1CNCCN1.CC(C)(C)OC(=O)N1CCNCC1C(=O)O. The Balaban J connectivity index is 0.000000335. The number of nitrogens with zero attached hydrogens (tertiary/aromatic N) is 1. The highest BCUT2D eigenvalue weighted by atomic mass is 16.6. The van der Waals surface area contributed by atoms with Crippen LogP contribution in [0.1, 0.15) is 20.8 Å². The average Bonchev–Trinajstić information content (AvgIpc) is 2.48. The summed E-state index contributed by atoms with van der Waals surface area (Å²) in [5.41, 5.74) is -0.606. The van der Waals surface area contributed by atoms with Gasteiger partial charge in [-0.1, -0.05) is 0 Å². The zero-order valence-electron chi connectivity index (χ0n) is 13.6. The number of aliphatic carboxylic acids is 1. The van der Waals surface area contributed by atoms with E-state index in [4.69, 9.17) is 9.84 Å². The number of carboxylic acids is 1. The number of carbonyl (C=O) groups excluding carboxylic acids is 1. The number of hydrogen-bond donors (Lipinski definition) is 4. The first-order valence-corrected chi connectivity index (χ1v) is 7.66. The molecule has 2 rings (SSSR count). The molecule has 1 unspecified atom stereocenters. The van der Waals surface area contributed by atoms with Crippen LogP contribution in [0.4, 0.5) is 4.79 Å². The second-order valence-electron chi connectivity index (χ2n) is 6.23. The topological polar surface area (TPSA) is 103 Å². The van der Waals surface area contributed by atoms with Crippen molar-refractivity contribution < 1.29 is 19.4 Å². The van der Waals surface area contributed by atoms with Gasteiger partial charge in [-0.05, 0) is 20.8 Å². The van der Waals surface area contributed by atoms with Crippen molar-refractivity contribution in [1.29, 1.82) is 0 Å². The molecule has 8 heteroatoms. The third-order valence-electron chi connectivity index (χ3n) is 3.11. The van der Waals surface area contributed by atoms with Gasteiger partial charge in [0.05, 0.1) is 0 Å². The number of carboxylic acid groups (broad SMARTS) is 1. The maximum Gasteiger partial charge on any atom is 0.411 e. The van der Waals surface area contributed by atoms with E-state index in [1.54, 1.807) is 20.8 Å². The monoisotopic (exact) mass is 316 g/mol. The fourth-order valence-corrected chi connectivity index (χ4v) is 2.07. The molecule has 2 aliphatic rings. The molecule has 0 aromatic carbocycles. The number of ether oxygens (including phenoxy) is 1. The van der Waals surface area contributed by atoms with Crippen LogP contribution in [0.25, 0.3) is 0 Å². The molecule has 0 aromatic rings. The van der Waals surface area contributed by atoms with Gasteiger partial charge in [0.2, 0.25) is 0 Å². The number of carbonyl (C=O) groups is 2. The van der Waals surface area contributed by atoms with Gasteiger partial charge in [0, 0.05) is 45.8 Å². The predicted octanol–water partition coefficient (Wildman–Crippen LogP) is -0.541. The normalized spacial score (nSPS) is 22.3. The summed E-state index contributed by atoms with van der Waals surface area (Å²) < 4.78 is 5.15. The summed E-state index contributed by atoms with van der Waals surface area (Å²) in [6, 6.07) is -0.844. The maximum atomic E-state index is 11.7. The van der Waals surface area contributed by atoms with Crippen molar-refractivity contribution in [2.75, 3.05) is 45.8 Å². The van der Waals surface area contributed by atoms with Gasteiger partial charge in [0.25, 0.3) is 0 Å². The third-order valence-corrected chi connectivity index (χ3v) is 3.11. The van der Waals surface area contributed by atoms with Crippen molar-refractivity contribution in [1.82, 2.24) is 20.9 Å². The van der Waals surface area contributed by atoms with Crippen molar-refractivity contribution in [3.8, 4) is 0 Å². The van der Waals surface area contributed by atoms with Crippen molar-refractivity contribution in [3.05, 3.63) is 0 Å². The maximum absolute atomic E-state index is 11.7. The lowest BCUT2D eigenvalue weighted by molar-refractivity contribution is -0.143. The smallest absolute Gasteiger partial charge is 0.411 e. The lowest BCUT2D eigenvalue weighted by Crippen LogP contribution is -2.57. The zero-order valence-corrected chi connectivity index (χ0v) is 13.6. The minimum Gasteiger partial charge on any atom is -0.480 e. The van der Waals surface area contributed by atoms with E-state index < -0.39 is 23.7 Å². The number of hydrogen-bond acceptors (Lipinski definition) is 6. The molecule has 1 atom stereocenters. The van der Waals surface area contributed by atoms with Crippen molar-refractivity contribution in [2.45, 2.75) is 32.4 Å². The minimum atomic E-state index is -1.02. The molecular weight excluding hydrogens is 288 g/mol. The van der Waals surface area contributed by atoms with Crippen LogP contribution >= 0.6 is 0 Å². The second kappa shape index (κ2) is 8.92. The second-order valence-corrected chi connectivity index (χ2v) is 6.23. The minimum absolute atomic E-state index is 0.259. The molecule has 0 radical (unpaired) electrons. The van der Waals surface area contributed by atoms with Crippen LogP contribution < -0.4 is 16.0 Å². The molecule has 2 aliphatic heterocycles. The van der Waals surface area contributed by atoms with Crippen molar-refractivity contribution in [2.24, 2.45) is 0 Å². The first-order valence-electron chi connectivity index (χ1n) is 7.66. The van der Waals surface area contributed by atoms with Gasteiger partial charge in [-0.15, -0.1) is 0 Å². The Morgan fingerprint density at radius 3 is 2.00 bits per heavy atom. The zero-order chi connectivity index (χ0) is 16.6. The standard InChI is InChI=1S/C10H18N2O4.C4H10N2/c1-10(2,3)16-9(15)12-5-4-11-6-7(12)8(13)14;1-2-6-4-3-5-1/h7,11H,4-6H2,1-3H3,(H,13,14);5-6H,1-4H2. The van der Waals surface area contributed by atoms with E-state index in [2.05, 4.69) is 16.0 Å². The lowest BCUT2D eigenvalue weighted by atomic mass is 10.2. The van der Waals surface area contributed by atoms with Crippen LogP contribution in [-0.2, 0) is 9.53 Å². The van der Waals surface area contributed by atoms with Gasteiger partial charge in [-0.25, -0.2) is 9.59 Å².